The summed E-state index contributed by atoms with van der Waals surface area (Å²) in [6.07, 6.45) is 1.86. The van der Waals surface area contributed by atoms with Gasteiger partial charge in [0.2, 0.25) is 5.91 Å². The van der Waals surface area contributed by atoms with E-state index in [1.54, 1.807) is 4.90 Å². The van der Waals surface area contributed by atoms with Crippen LogP contribution in [0, 0.1) is 0 Å². The van der Waals surface area contributed by atoms with Crippen molar-refractivity contribution in [3.8, 4) is 0 Å². The molecule has 0 aromatic carbocycles. The van der Waals surface area contributed by atoms with Crippen LogP contribution in [0.3, 0.4) is 0 Å². The predicted octanol–water partition coefficient (Wildman–Crippen LogP) is -0.170. The van der Waals surface area contributed by atoms with Crippen LogP contribution >= 0.6 is 11.3 Å². The van der Waals surface area contributed by atoms with Crippen LogP contribution in [0.1, 0.15) is 23.3 Å². The Morgan fingerprint density at radius 3 is 2.71 bits per heavy atom. The van der Waals surface area contributed by atoms with Gasteiger partial charge in [-0.2, -0.15) is 0 Å². The molecule has 1 N–H and O–H groups in total. The van der Waals surface area contributed by atoms with Gasteiger partial charge in [0.05, 0.1) is 19.2 Å². The SMILES string of the molecule is COC(=O)c1ncsc1S(=O)(=O)NCC(=O)N1CCCC1. The number of esters is 1. The highest BCUT2D eigenvalue weighted by molar-refractivity contribution is 7.91. The van der Waals surface area contributed by atoms with Crippen LogP contribution in [0.15, 0.2) is 9.72 Å². The fourth-order valence-electron chi connectivity index (χ4n) is 1.96. The first-order chi connectivity index (χ1) is 9.95. The molecule has 1 amide bonds. The Balaban J connectivity index is 2.06. The zero-order valence-electron chi connectivity index (χ0n) is 11.4. The van der Waals surface area contributed by atoms with E-state index >= 15 is 0 Å². The Morgan fingerprint density at radius 1 is 1.43 bits per heavy atom. The molecule has 0 spiro atoms. The number of ether oxygens (including phenoxy) is 1. The second-order valence-corrected chi connectivity index (χ2v) is 7.21. The van der Waals surface area contributed by atoms with Gasteiger partial charge in [0, 0.05) is 13.1 Å². The summed E-state index contributed by atoms with van der Waals surface area (Å²) < 4.78 is 30.7. The summed E-state index contributed by atoms with van der Waals surface area (Å²) in [5.74, 6) is -1.11. The van der Waals surface area contributed by atoms with E-state index in [1.807, 2.05) is 0 Å². The highest BCUT2D eigenvalue weighted by Crippen LogP contribution is 2.20. The molecule has 1 aromatic rings. The Labute approximate surface area is 126 Å². The summed E-state index contributed by atoms with van der Waals surface area (Å²) in [6.45, 7) is 0.962. The summed E-state index contributed by atoms with van der Waals surface area (Å²) in [4.78, 5) is 28.6. The molecule has 1 aliphatic heterocycles. The van der Waals surface area contributed by atoms with Gasteiger partial charge in [-0.3, -0.25) is 4.79 Å². The van der Waals surface area contributed by atoms with Gasteiger partial charge < -0.3 is 9.64 Å². The number of likely N-dealkylation sites (tertiary alicyclic amines) is 1. The van der Waals surface area contributed by atoms with Crippen molar-refractivity contribution in [1.29, 1.82) is 0 Å². The number of rotatable bonds is 5. The molecular weight excluding hydrogens is 318 g/mol. The summed E-state index contributed by atoms with van der Waals surface area (Å²) in [5, 5.41) is 0. The summed E-state index contributed by atoms with van der Waals surface area (Å²) >= 11 is 0.797. The number of sulfonamides is 1. The average Bonchev–Trinajstić information content (AvgIpc) is 3.14. The lowest BCUT2D eigenvalue weighted by Crippen LogP contribution is -2.38. The molecule has 2 rings (SSSR count). The molecule has 2 heterocycles. The number of amides is 1. The number of hydrogen-bond acceptors (Lipinski definition) is 7. The van der Waals surface area contributed by atoms with Gasteiger partial charge in [0.25, 0.3) is 10.0 Å². The largest absolute Gasteiger partial charge is 0.464 e. The second-order valence-electron chi connectivity index (χ2n) is 4.39. The van der Waals surface area contributed by atoms with Crippen molar-refractivity contribution in [2.45, 2.75) is 17.1 Å². The lowest BCUT2D eigenvalue weighted by molar-refractivity contribution is -0.128. The first-order valence-corrected chi connectivity index (χ1v) is 8.61. The molecule has 0 aliphatic carbocycles. The van der Waals surface area contributed by atoms with Crippen molar-refractivity contribution in [2.75, 3.05) is 26.7 Å². The zero-order chi connectivity index (χ0) is 15.5. The smallest absolute Gasteiger partial charge is 0.358 e. The number of nitrogens with one attached hydrogen (secondary N) is 1. The van der Waals surface area contributed by atoms with Gasteiger partial charge in [-0.15, -0.1) is 11.3 Å². The zero-order valence-corrected chi connectivity index (χ0v) is 13.0. The Hall–Kier alpha value is -1.52. The first-order valence-electron chi connectivity index (χ1n) is 6.25. The Morgan fingerprint density at radius 2 is 2.10 bits per heavy atom. The van der Waals surface area contributed by atoms with Gasteiger partial charge in [0.1, 0.15) is 0 Å². The van der Waals surface area contributed by atoms with Gasteiger partial charge >= 0.3 is 5.97 Å². The average molecular weight is 333 g/mol. The van der Waals surface area contributed by atoms with E-state index in [0.29, 0.717) is 13.1 Å². The van der Waals surface area contributed by atoms with Crippen molar-refractivity contribution in [2.24, 2.45) is 0 Å². The summed E-state index contributed by atoms with van der Waals surface area (Å²) in [7, 11) is -2.83. The van der Waals surface area contributed by atoms with E-state index in [4.69, 9.17) is 0 Å². The molecule has 1 fully saturated rings. The van der Waals surface area contributed by atoms with Crippen LogP contribution in [-0.4, -0.2) is 56.9 Å². The summed E-state index contributed by atoms with van der Waals surface area (Å²) in [6, 6.07) is 0. The van der Waals surface area contributed by atoms with Crippen molar-refractivity contribution in [3.63, 3.8) is 0 Å². The molecule has 21 heavy (non-hydrogen) atoms. The molecule has 0 atom stereocenters. The van der Waals surface area contributed by atoms with Gasteiger partial charge in [0.15, 0.2) is 9.90 Å². The van der Waals surface area contributed by atoms with Crippen LogP contribution in [0.2, 0.25) is 0 Å². The maximum absolute atomic E-state index is 12.1. The van der Waals surface area contributed by atoms with E-state index in [1.165, 1.54) is 5.51 Å². The molecule has 0 bridgehead atoms. The van der Waals surface area contributed by atoms with Crippen molar-refractivity contribution in [1.82, 2.24) is 14.6 Å². The molecule has 116 valence electrons. The Kier molecular flexibility index (Phi) is 4.91. The molecule has 1 aromatic heterocycles. The number of carbonyl (C=O) groups excluding carboxylic acids is 2. The van der Waals surface area contributed by atoms with E-state index in [-0.39, 0.29) is 22.4 Å². The Bertz CT molecular complexity index is 634. The minimum Gasteiger partial charge on any atom is -0.464 e. The number of aromatic nitrogens is 1. The molecule has 0 unspecified atom stereocenters. The van der Waals surface area contributed by atoms with Gasteiger partial charge in [-0.25, -0.2) is 22.9 Å². The number of hydrogen-bond donors (Lipinski definition) is 1. The number of methoxy groups -OCH3 is 1. The standard InChI is InChI=1S/C11H15N3O5S2/c1-19-10(16)9-11(20-7-12-9)21(17,18)13-6-8(15)14-4-2-3-5-14/h7,13H,2-6H2,1H3. The monoisotopic (exact) mass is 333 g/mol. The van der Waals surface area contributed by atoms with Gasteiger partial charge in [-0.1, -0.05) is 0 Å². The lowest BCUT2D eigenvalue weighted by atomic mass is 10.4. The number of nitrogens with zero attached hydrogens (tertiary/aromatic N) is 2. The van der Waals surface area contributed by atoms with Crippen LogP contribution in [-0.2, 0) is 19.6 Å². The summed E-state index contributed by atoms with van der Waals surface area (Å²) in [5.41, 5.74) is 0.965. The predicted molar refractivity (Wildman–Crippen MR) is 74.5 cm³/mol. The molecule has 8 nitrogen and oxygen atoms in total. The number of thiazole rings is 1. The quantitative estimate of drug-likeness (QED) is 0.750. The minimum absolute atomic E-state index is 0.247. The fourth-order valence-corrected chi connectivity index (χ4v) is 4.11. The molecule has 10 heteroatoms. The van der Waals surface area contributed by atoms with E-state index in [2.05, 4.69) is 14.4 Å². The highest BCUT2D eigenvalue weighted by atomic mass is 32.2. The van der Waals surface area contributed by atoms with E-state index < -0.39 is 16.0 Å². The molecule has 1 saturated heterocycles. The normalized spacial score (nSPS) is 15.2. The third kappa shape index (κ3) is 3.57. The maximum atomic E-state index is 12.1. The lowest BCUT2D eigenvalue weighted by Gasteiger charge is -2.15. The second kappa shape index (κ2) is 6.50. The first kappa shape index (κ1) is 15.9. The van der Waals surface area contributed by atoms with E-state index in [9.17, 15) is 18.0 Å². The third-order valence-electron chi connectivity index (χ3n) is 3.03. The molecule has 1 aliphatic rings. The van der Waals surface area contributed by atoms with Crippen LogP contribution in [0.25, 0.3) is 0 Å². The van der Waals surface area contributed by atoms with E-state index in [0.717, 1.165) is 31.3 Å². The van der Waals surface area contributed by atoms with Crippen LogP contribution in [0.5, 0.6) is 0 Å². The van der Waals surface area contributed by atoms with Crippen LogP contribution in [0.4, 0.5) is 0 Å². The van der Waals surface area contributed by atoms with Crippen molar-refractivity contribution >= 4 is 33.2 Å². The van der Waals surface area contributed by atoms with Crippen LogP contribution < -0.4 is 4.72 Å². The van der Waals surface area contributed by atoms with Crippen molar-refractivity contribution < 1.29 is 22.7 Å². The molecular formula is C11H15N3O5S2. The maximum Gasteiger partial charge on any atom is 0.358 e. The van der Waals surface area contributed by atoms with Gasteiger partial charge in [-0.05, 0) is 12.8 Å². The molecule has 0 saturated carbocycles. The highest BCUT2D eigenvalue weighted by Gasteiger charge is 2.28. The number of carbonyl (C=O) groups is 2. The minimum atomic E-state index is -3.97. The third-order valence-corrected chi connectivity index (χ3v) is 5.80. The van der Waals surface area contributed by atoms with Crippen molar-refractivity contribution in [3.05, 3.63) is 11.2 Å². The topological polar surface area (TPSA) is 106 Å². The molecule has 0 radical (unpaired) electrons. The fraction of sp³-hybridized carbons (Fsp3) is 0.545.